The van der Waals surface area contributed by atoms with Gasteiger partial charge in [0, 0.05) is 0 Å². The first-order valence-electron chi connectivity index (χ1n) is 9.42. The van der Waals surface area contributed by atoms with E-state index in [4.69, 9.17) is 4.74 Å². The maximum absolute atomic E-state index is 13.0. The Bertz CT molecular complexity index is 821. The van der Waals surface area contributed by atoms with Crippen LogP contribution in [0.2, 0.25) is 0 Å². The van der Waals surface area contributed by atoms with Crippen molar-refractivity contribution in [3.8, 4) is 0 Å². The molecule has 6 rings (SSSR count). The Morgan fingerprint density at radius 1 is 1.04 bits per heavy atom. The summed E-state index contributed by atoms with van der Waals surface area (Å²) in [5.74, 6) is 0.903. The molecule has 0 aromatic heterocycles. The van der Waals surface area contributed by atoms with E-state index in [1.54, 1.807) is 0 Å². The maximum Gasteiger partial charge on any atom is 0.312 e. The summed E-state index contributed by atoms with van der Waals surface area (Å²) < 4.78 is 5.82. The number of hydrogen-bond acceptors (Lipinski definition) is 3. The minimum absolute atomic E-state index is 0.0899. The lowest BCUT2D eigenvalue weighted by Crippen LogP contribution is -2.58. The van der Waals surface area contributed by atoms with Crippen LogP contribution in [0.1, 0.15) is 44.1 Å². The second kappa shape index (κ2) is 5.31. The van der Waals surface area contributed by atoms with Crippen molar-refractivity contribution in [1.82, 2.24) is 0 Å². The van der Waals surface area contributed by atoms with Crippen LogP contribution < -0.4 is 0 Å². The molecule has 0 radical (unpaired) electrons. The van der Waals surface area contributed by atoms with Crippen molar-refractivity contribution in [2.24, 2.45) is 17.3 Å². The Labute approximate surface area is 148 Å². The van der Waals surface area contributed by atoms with Gasteiger partial charge in [-0.1, -0.05) is 42.5 Å². The van der Waals surface area contributed by atoms with E-state index in [2.05, 4.69) is 18.2 Å². The number of esters is 1. The summed E-state index contributed by atoms with van der Waals surface area (Å²) >= 11 is 0. The summed E-state index contributed by atoms with van der Waals surface area (Å²) in [6.07, 6.45) is 5.34. The van der Waals surface area contributed by atoms with E-state index in [9.17, 15) is 9.90 Å². The summed E-state index contributed by atoms with van der Waals surface area (Å²) in [4.78, 5) is 13.0. The molecule has 0 saturated heterocycles. The molecule has 4 saturated carbocycles. The zero-order chi connectivity index (χ0) is 17.1. The van der Waals surface area contributed by atoms with Crippen LogP contribution in [0.25, 0.3) is 10.8 Å². The Morgan fingerprint density at radius 3 is 2.52 bits per heavy atom. The van der Waals surface area contributed by atoms with Gasteiger partial charge in [-0.3, -0.25) is 4.79 Å². The first-order chi connectivity index (χ1) is 12.1. The number of fused-ring (bicyclic) bond motifs is 1. The molecule has 4 bridgehead atoms. The molecule has 3 nitrogen and oxygen atoms in total. The minimum Gasteiger partial charge on any atom is -0.460 e. The van der Waals surface area contributed by atoms with Gasteiger partial charge in [-0.15, -0.1) is 0 Å². The fourth-order valence-electron chi connectivity index (χ4n) is 6.17. The fourth-order valence-corrected chi connectivity index (χ4v) is 6.17. The van der Waals surface area contributed by atoms with Gasteiger partial charge in [0.2, 0.25) is 0 Å². The molecule has 3 heteroatoms. The fraction of sp³-hybridized carbons (Fsp3) is 0.500. The number of rotatable bonds is 3. The minimum atomic E-state index is -0.622. The smallest absolute Gasteiger partial charge is 0.312 e. The third-order valence-electron chi connectivity index (χ3n) is 6.70. The number of aliphatic hydroxyl groups is 1. The molecule has 1 N–H and O–H groups in total. The highest BCUT2D eigenvalue weighted by molar-refractivity contribution is 5.86. The van der Waals surface area contributed by atoms with Crippen molar-refractivity contribution in [3.63, 3.8) is 0 Å². The molecule has 0 aliphatic heterocycles. The number of hydrogen-bond donors (Lipinski definition) is 1. The number of benzene rings is 2. The number of ether oxygens (including phenoxy) is 1. The molecule has 0 heterocycles. The van der Waals surface area contributed by atoms with E-state index in [1.165, 1.54) is 11.8 Å². The standard InChI is InChI=1S/C22H24O3/c23-20(21-9-15-8-16(10-21)12-22(24,11-15)14-21)25-13-18-6-3-5-17-4-1-2-7-19(17)18/h1-7,15-16,24H,8-14H2/t15-,16+,21?,22?. The lowest BCUT2D eigenvalue weighted by molar-refractivity contribution is -0.197. The monoisotopic (exact) mass is 336 g/mol. The molecule has 2 unspecified atom stereocenters. The van der Waals surface area contributed by atoms with E-state index in [0.29, 0.717) is 24.9 Å². The molecule has 2 aromatic carbocycles. The molecule has 4 atom stereocenters. The predicted octanol–water partition coefficient (Wildman–Crippen LogP) is 4.21. The van der Waals surface area contributed by atoms with Crippen molar-refractivity contribution >= 4 is 16.7 Å². The van der Waals surface area contributed by atoms with Crippen molar-refractivity contribution in [1.29, 1.82) is 0 Å². The number of carbonyl (C=O) groups is 1. The van der Waals surface area contributed by atoms with Crippen LogP contribution in [0, 0.1) is 17.3 Å². The number of carbonyl (C=O) groups excluding carboxylic acids is 1. The van der Waals surface area contributed by atoms with E-state index < -0.39 is 11.0 Å². The van der Waals surface area contributed by atoms with Crippen LogP contribution in [0.4, 0.5) is 0 Å². The molecule has 25 heavy (non-hydrogen) atoms. The van der Waals surface area contributed by atoms with Crippen LogP contribution in [0.15, 0.2) is 42.5 Å². The highest BCUT2D eigenvalue weighted by Crippen LogP contribution is 2.62. The highest BCUT2D eigenvalue weighted by Gasteiger charge is 2.60. The largest absolute Gasteiger partial charge is 0.460 e. The molecule has 2 aromatic rings. The second-order valence-electron chi connectivity index (χ2n) is 8.68. The van der Waals surface area contributed by atoms with Gasteiger partial charge < -0.3 is 9.84 Å². The highest BCUT2D eigenvalue weighted by atomic mass is 16.5. The Kier molecular flexibility index (Phi) is 3.27. The van der Waals surface area contributed by atoms with E-state index in [1.807, 2.05) is 24.3 Å². The Hall–Kier alpha value is -1.87. The average Bonchev–Trinajstić information content (AvgIpc) is 2.57. The van der Waals surface area contributed by atoms with Crippen molar-refractivity contribution in [2.75, 3.05) is 0 Å². The lowest BCUT2D eigenvalue weighted by atomic mass is 9.48. The van der Waals surface area contributed by atoms with Crippen molar-refractivity contribution in [3.05, 3.63) is 48.0 Å². The van der Waals surface area contributed by atoms with E-state index in [-0.39, 0.29) is 5.97 Å². The van der Waals surface area contributed by atoms with Crippen LogP contribution in [0.3, 0.4) is 0 Å². The van der Waals surface area contributed by atoms with Gasteiger partial charge in [-0.25, -0.2) is 0 Å². The SMILES string of the molecule is O=C(OCc1cccc2ccccc12)C12C[C@@H]3C[C@@H](CC(O)(C3)C1)C2. The van der Waals surface area contributed by atoms with Gasteiger partial charge in [0.1, 0.15) is 6.61 Å². The maximum atomic E-state index is 13.0. The quantitative estimate of drug-likeness (QED) is 0.854. The van der Waals surface area contributed by atoms with Crippen LogP contribution in [-0.2, 0) is 16.1 Å². The molecule has 130 valence electrons. The topological polar surface area (TPSA) is 46.5 Å². The molecule has 4 aliphatic rings. The summed E-state index contributed by atoms with van der Waals surface area (Å²) in [7, 11) is 0. The zero-order valence-electron chi connectivity index (χ0n) is 14.4. The Balaban J connectivity index is 1.37. The summed E-state index contributed by atoms with van der Waals surface area (Å²) in [6, 6.07) is 14.3. The molecule has 4 fully saturated rings. The molecule has 4 aliphatic carbocycles. The van der Waals surface area contributed by atoms with Gasteiger partial charge in [0.15, 0.2) is 0 Å². The lowest BCUT2D eigenvalue weighted by Gasteiger charge is -2.58. The van der Waals surface area contributed by atoms with Gasteiger partial charge in [0.05, 0.1) is 11.0 Å². The summed E-state index contributed by atoms with van der Waals surface area (Å²) in [5.41, 5.74) is -0.0127. The predicted molar refractivity (Wildman–Crippen MR) is 95.8 cm³/mol. The van der Waals surface area contributed by atoms with Gasteiger partial charge in [-0.2, -0.15) is 0 Å². The third-order valence-corrected chi connectivity index (χ3v) is 6.70. The van der Waals surface area contributed by atoms with Gasteiger partial charge in [0.25, 0.3) is 0 Å². The van der Waals surface area contributed by atoms with E-state index >= 15 is 0 Å². The summed E-state index contributed by atoms with van der Waals surface area (Å²) in [5, 5.41) is 13.1. The van der Waals surface area contributed by atoms with Crippen LogP contribution >= 0.6 is 0 Å². The zero-order valence-corrected chi connectivity index (χ0v) is 14.4. The second-order valence-corrected chi connectivity index (χ2v) is 8.68. The first-order valence-corrected chi connectivity index (χ1v) is 9.42. The van der Waals surface area contributed by atoms with Crippen molar-refractivity contribution in [2.45, 2.75) is 50.7 Å². The molecule has 0 amide bonds. The van der Waals surface area contributed by atoms with Gasteiger partial charge >= 0.3 is 5.97 Å². The first kappa shape index (κ1) is 15.4. The summed E-state index contributed by atoms with van der Waals surface area (Å²) in [6.45, 7) is 0.315. The van der Waals surface area contributed by atoms with Crippen molar-refractivity contribution < 1.29 is 14.6 Å². The normalized spacial score (nSPS) is 35.9. The van der Waals surface area contributed by atoms with Crippen LogP contribution in [-0.4, -0.2) is 16.7 Å². The van der Waals surface area contributed by atoms with E-state index in [0.717, 1.165) is 36.6 Å². The Morgan fingerprint density at radius 2 is 1.76 bits per heavy atom. The third kappa shape index (κ3) is 2.48. The van der Waals surface area contributed by atoms with Crippen LogP contribution in [0.5, 0.6) is 0 Å². The molecule has 0 spiro atoms. The average molecular weight is 336 g/mol. The molecular formula is C22H24O3. The molecular weight excluding hydrogens is 312 g/mol. The van der Waals surface area contributed by atoms with Gasteiger partial charge in [-0.05, 0) is 66.7 Å².